The van der Waals surface area contributed by atoms with E-state index in [2.05, 4.69) is 0 Å². The first-order valence-electron chi connectivity index (χ1n) is 6.41. The number of aliphatic hydroxyl groups is 2. The standard InChI is InChI=1S/C12H22N2O4/c1-11(17)8-12(18-7-9(11)15)2-4-14(5-3-12)10(16)6-13/h9,15,17H,2-8,13H2,1H3/t9-,11-/m0/s1. The van der Waals surface area contributed by atoms with E-state index in [1.54, 1.807) is 11.8 Å². The second-order valence-electron chi connectivity index (χ2n) is 5.63. The fraction of sp³-hybridized carbons (Fsp3) is 0.917. The first kappa shape index (κ1) is 13.7. The van der Waals surface area contributed by atoms with Crippen LogP contribution in [0, 0.1) is 0 Å². The summed E-state index contributed by atoms with van der Waals surface area (Å²) in [7, 11) is 0. The number of amides is 1. The number of hydrogen-bond donors (Lipinski definition) is 3. The van der Waals surface area contributed by atoms with Crippen LogP contribution in [-0.4, -0.2) is 64.6 Å². The molecule has 6 heteroatoms. The molecule has 104 valence electrons. The highest BCUT2D eigenvalue weighted by molar-refractivity contribution is 5.78. The van der Waals surface area contributed by atoms with Gasteiger partial charge in [-0.25, -0.2) is 0 Å². The zero-order valence-electron chi connectivity index (χ0n) is 10.8. The first-order chi connectivity index (χ1) is 8.38. The van der Waals surface area contributed by atoms with Gasteiger partial charge < -0.3 is 25.6 Å². The molecule has 0 aromatic heterocycles. The Morgan fingerprint density at radius 2 is 2.11 bits per heavy atom. The van der Waals surface area contributed by atoms with Crippen LogP contribution in [-0.2, 0) is 9.53 Å². The second-order valence-corrected chi connectivity index (χ2v) is 5.63. The van der Waals surface area contributed by atoms with E-state index in [-0.39, 0.29) is 19.1 Å². The molecule has 2 rings (SSSR count). The van der Waals surface area contributed by atoms with E-state index in [9.17, 15) is 15.0 Å². The fourth-order valence-corrected chi connectivity index (χ4v) is 2.87. The van der Waals surface area contributed by atoms with Gasteiger partial charge in [0.2, 0.25) is 5.91 Å². The van der Waals surface area contributed by atoms with Crippen LogP contribution in [0.4, 0.5) is 0 Å². The summed E-state index contributed by atoms with van der Waals surface area (Å²) in [6.07, 6.45) is 0.932. The Hall–Kier alpha value is -0.690. The maximum Gasteiger partial charge on any atom is 0.236 e. The molecule has 0 bridgehead atoms. The van der Waals surface area contributed by atoms with Crippen molar-refractivity contribution in [3.05, 3.63) is 0 Å². The van der Waals surface area contributed by atoms with Crippen LogP contribution in [0.5, 0.6) is 0 Å². The van der Waals surface area contributed by atoms with Gasteiger partial charge in [-0.15, -0.1) is 0 Å². The molecule has 0 aromatic carbocycles. The van der Waals surface area contributed by atoms with Crippen molar-refractivity contribution >= 4 is 5.91 Å². The SMILES string of the molecule is C[C@]1(O)CC2(CCN(C(=O)CN)CC2)OC[C@@H]1O. The summed E-state index contributed by atoms with van der Waals surface area (Å²) in [5, 5.41) is 19.8. The quantitative estimate of drug-likeness (QED) is 0.551. The lowest BCUT2D eigenvalue weighted by Gasteiger charge is -2.49. The summed E-state index contributed by atoms with van der Waals surface area (Å²) in [6.45, 7) is 3.02. The largest absolute Gasteiger partial charge is 0.388 e. The number of hydrogen-bond acceptors (Lipinski definition) is 5. The van der Waals surface area contributed by atoms with E-state index >= 15 is 0 Å². The molecule has 0 unspecified atom stereocenters. The molecule has 18 heavy (non-hydrogen) atoms. The van der Waals surface area contributed by atoms with Gasteiger partial charge in [-0.2, -0.15) is 0 Å². The molecule has 0 aromatic rings. The number of nitrogens with two attached hydrogens (primary N) is 1. The Balaban J connectivity index is 1.98. The maximum atomic E-state index is 11.5. The van der Waals surface area contributed by atoms with Crippen molar-refractivity contribution in [2.45, 2.75) is 43.5 Å². The molecule has 2 heterocycles. The van der Waals surface area contributed by atoms with Crippen molar-refractivity contribution in [3.8, 4) is 0 Å². The zero-order chi connectivity index (χ0) is 13.4. The van der Waals surface area contributed by atoms with Crippen molar-refractivity contribution in [1.82, 2.24) is 4.90 Å². The smallest absolute Gasteiger partial charge is 0.236 e. The lowest BCUT2D eigenvalue weighted by atomic mass is 9.76. The van der Waals surface area contributed by atoms with Gasteiger partial charge in [0.25, 0.3) is 0 Å². The Morgan fingerprint density at radius 1 is 1.50 bits per heavy atom. The van der Waals surface area contributed by atoms with E-state index in [4.69, 9.17) is 10.5 Å². The van der Waals surface area contributed by atoms with Gasteiger partial charge in [0.1, 0.15) is 6.10 Å². The number of rotatable bonds is 1. The third-order valence-corrected chi connectivity index (χ3v) is 4.15. The van der Waals surface area contributed by atoms with E-state index in [1.165, 1.54) is 0 Å². The average molecular weight is 258 g/mol. The molecular formula is C12H22N2O4. The molecule has 2 saturated heterocycles. The minimum Gasteiger partial charge on any atom is -0.388 e. The van der Waals surface area contributed by atoms with Crippen molar-refractivity contribution in [2.24, 2.45) is 5.73 Å². The molecule has 0 radical (unpaired) electrons. The predicted molar refractivity (Wildman–Crippen MR) is 64.8 cm³/mol. The lowest BCUT2D eigenvalue weighted by molar-refractivity contribution is -0.222. The third-order valence-electron chi connectivity index (χ3n) is 4.15. The Bertz CT molecular complexity index is 324. The minimum absolute atomic E-state index is 0.0320. The number of ether oxygens (including phenoxy) is 1. The zero-order valence-corrected chi connectivity index (χ0v) is 10.8. The minimum atomic E-state index is -1.11. The number of carbonyl (C=O) groups is 1. The first-order valence-corrected chi connectivity index (χ1v) is 6.41. The van der Waals surface area contributed by atoms with Crippen LogP contribution in [0.2, 0.25) is 0 Å². The van der Waals surface area contributed by atoms with E-state index in [0.29, 0.717) is 32.4 Å². The van der Waals surface area contributed by atoms with Crippen LogP contribution >= 0.6 is 0 Å². The van der Waals surface area contributed by atoms with Crippen LogP contribution in [0.1, 0.15) is 26.2 Å². The van der Waals surface area contributed by atoms with Crippen molar-refractivity contribution < 1.29 is 19.7 Å². The molecule has 2 fully saturated rings. The van der Waals surface area contributed by atoms with Crippen LogP contribution in [0.25, 0.3) is 0 Å². The van der Waals surface area contributed by atoms with Gasteiger partial charge in [-0.1, -0.05) is 0 Å². The molecular weight excluding hydrogens is 236 g/mol. The van der Waals surface area contributed by atoms with Gasteiger partial charge in [-0.3, -0.25) is 4.79 Å². The molecule has 1 amide bonds. The number of piperidine rings is 1. The monoisotopic (exact) mass is 258 g/mol. The van der Waals surface area contributed by atoms with Gasteiger partial charge in [-0.05, 0) is 19.8 Å². The molecule has 0 aliphatic carbocycles. The van der Waals surface area contributed by atoms with Crippen LogP contribution in [0.3, 0.4) is 0 Å². The average Bonchev–Trinajstić information content (AvgIpc) is 2.34. The van der Waals surface area contributed by atoms with Crippen molar-refractivity contribution in [2.75, 3.05) is 26.2 Å². The number of aliphatic hydroxyl groups excluding tert-OH is 1. The summed E-state index contributed by atoms with van der Waals surface area (Å²) < 4.78 is 5.74. The van der Waals surface area contributed by atoms with Crippen LogP contribution < -0.4 is 5.73 Å². The Morgan fingerprint density at radius 3 is 2.61 bits per heavy atom. The summed E-state index contributed by atoms with van der Waals surface area (Å²) in [5.74, 6) is -0.0487. The normalized spacial score (nSPS) is 35.8. The van der Waals surface area contributed by atoms with E-state index in [1.807, 2.05) is 0 Å². The lowest BCUT2D eigenvalue weighted by Crippen LogP contribution is -2.59. The Kier molecular flexibility index (Phi) is 3.64. The van der Waals surface area contributed by atoms with E-state index in [0.717, 1.165) is 0 Å². The number of likely N-dealkylation sites (tertiary alicyclic amines) is 1. The number of carbonyl (C=O) groups excluding carboxylic acids is 1. The molecule has 2 atom stereocenters. The molecule has 0 saturated carbocycles. The highest BCUT2D eigenvalue weighted by Gasteiger charge is 2.48. The van der Waals surface area contributed by atoms with Gasteiger partial charge >= 0.3 is 0 Å². The molecule has 4 N–H and O–H groups in total. The highest BCUT2D eigenvalue weighted by atomic mass is 16.5. The summed E-state index contributed by atoms with van der Waals surface area (Å²) >= 11 is 0. The Labute approximate surface area is 107 Å². The van der Waals surface area contributed by atoms with Gasteiger partial charge in [0.15, 0.2) is 0 Å². The maximum absolute atomic E-state index is 11.5. The molecule has 1 spiro atoms. The van der Waals surface area contributed by atoms with Crippen molar-refractivity contribution in [3.63, 3.8) is 0 Å². The second kappa shape index (κ2) is 4.77. The molecule has 2 aliphatic rings. The predicted octanol–water partition coefficient (Wildman–Crippen LogP) is -1.16. The molecule has 6 nitrogen and oxygen atoms in total. The molecule has 2 aliphatic heterocycles. The van der Waals surface area contributed by atoms with Crippen molar-refractivity contribution in [1.29, 1.82) is 0 Å². The van der Waals surface area contributed by atoms with E-state index < -0.39 is 17.3 Å². The van der Waals surface area contributed by atoms with Gasteiger partial charge in [0.05, 0.1) is 24.4 Å². The van der Waals surface area contributed by atoms with Crippen LogP contribution in [0.15, 0.2) is 0 Å². The summed E-state index contributed by atoms with van der Waals surface area (Å²) in [4.78, 5) is 13.2. The summed E-state index contributed by atoms with van der Waals surface area (Å²) in [5.41, 5.74) is 3.82. The fourth-order valence-electron chi connectivity index (χ4n) is 2.87. The topological polar surface area (TPSA) is 96.0 Å². The van der Waals surface area contributed by atoms with Gasteiger partial charge in [0, 0.05) is 19.5 Å². The highest BCUT2D eigenvalue weighted by Crippen LogP contribution is 2.39. The third kappa shape index (κ3) is 2.51. The number of nitrogens with zero attached hydrogens (tertiary/aromatic N) is 1. The summed E-state index contributed by atoms with van der Waals surface area (Å²) in [6, 6.07) is 0.